The van der Waals surface area contributed by atoms with E-state index in [1.807, 2.05) is 13.8 Å². The topological polar surface area (TPSA) is 18.5 Å². The Bertz CT molecular complexity index is 1180. The highest BCUT2D eigenvalue weighted by atomic mass is 19.2. The zero-order valence-corrected chi connectivity index (χ0v) is 19.1. The van der Waals surface area contributed by atoms with E-state index in [2.05, 4.69) is 0 Å². The van der Waals surface area contributed by atoms with E-state index in [9.17, 15) is 17.6 Å². The molecule has 1 heterocycles. The van der Waals surface area contributed by atoms with Crippen LogP contribution in [0.1, 0.15) is 37.7 Å². The summed E-state index contributed by atoms with van der Waals surface area (Å²) in [6, 6.07) is 12.2. The molecule has 3 aromatic rings. The van der Waals surface area contributed by atoms with Crippen LogP contribution in [-0.4, -0.2) is 13.2 Å². The van der Waals surface area contributed by atoms with Crippen LogP contribution in [-0.2, 0) is 15.9 Å². The maximum Gasteiger partial charge on any atom is 0.186 e. The van der Waals surface area contributed by atoms with E-state index in [1.165, 1.54) is 18.2 Å². The zero-order chi connectivity index (χ0) is 24.2. The Labute approximate surface area is 196 Å². The van der Waals surface area contributed by atoms with Crippen LogP contribution in [0.25, 0.3) is 22.3 Å². The molecule has 0 amide bonds. The zero-order valence-electron chi connectivity index (χ0n) is 19.1. The van der Waals surface area contributed by atoms with E-state index in [-0.39, 0.29) is 28.2 Å². The van der Waals surface area contributed by atoms with Crippen molar-refractivity contribution in [3.63, 3.8) is 0 Å². The molecule has 0 aliphatic carbocycles. The lowest BCUT2D eigenvalue weighted by molar-refractivity contribution is -0.206. The molecule has 0 atom stereocenters. The second-order valence-corrected chi connectivity index (χ2v) is 8.35. The van der Waals surface area contributed by atoms with Crippen LogP contribution < -0.4 is 0 Å². The lowest BCUT2D eigenvalue weighted by Crippen LogP contribution is -2.27. The summed E-state index contributed by atoms with van der Waals surface area (Å²) in [6.45, 7) is 4.69. The molecule has 0 aromatic heterocycles. The molecule has 2 nitrogen and oxygen atoms in total. The maximum absolute atomic E-state index is 14.9. The fraction of sp³-hybridized carbons (Fsp3) is 0.286. The minimum atomic E-state index is -1.02. The number of hydrogen-bond acceptors (Lipinski definition) is 2. The molecule has 3 aromatic carbocycles. The quantitative estimate of drug-likeness (QED) is 0.271. The third-order valence-electron chi connectivity index (χ3n) is 6.15. The van der Waals surface area contributed by atoms with E-state index in [1.54, 1.807) is 42.5 Å². The second kappa shape index (κ2) is 10.5. The van der Waals surface area contributed by atoms with Gasteiger partial charge in [0.25, 0.3) is 0 Å². The molecule has 178 valence electrons. The summed E-state index contributed by atoms with van der Waals surface area (Å²) in [5.41, 5.74) is 1.29. The summed E-state index contributed by atoms with van der Waals surface area (Å²) in [7, 11) is 0. The van der Waals surface area contributed by atoms with Gasteiger partial charge in [0.1, 0.15) is 0 Å². The third-order valence-corrected chi connectivity index (χ3v) is 6.15. The smallest absolute Gasteiger partial charge is 0.186 e. The van der Waals surface area contributed by atoms with E-state index < -0.39 is 29.6 Å². The standard InChI is InChI=1S/C28H26F4O2/c1-3-5-6-20-11-12-21(25(30)24(20)29)18-7-9-19(10-8-18)22-13-14-23(27(32)26(22)31)28-33-15-17(4-2)16-34-28/h3,5,7-14,17,28H,4,6,15-16H2,1-2H3/b5-3-. The highest BCUT2D eigenvalue weighted by molar-refractivity contribution is 5.71. The van der Waals surface area contributed by atoms with Crippen molar-refractivity contribution in [2.45, 2.75) is 33.0 Å². The van der Waals surface area contributed by atoms with E-state index >= 15 is 0 Å². The van der Waals surface area contributed by atoms with Crippen molar-refractivity contribution in [1.82, 2.24) is 0 Å². The molecule has 1 fully saturated rings. The average molecular weight is 471 g/mol. The monoisotopic (exact) mass is 470 g/mol. The predicted molar refractivity (Wildman–Crippen MR) is 124 cm³/mol. The summed E-state index contributed by atoms with van der Waals surface area (Å²) >= 11 is 0. The van der Waals surface area contributed by atoms with Gasteiger partial charge in [-0.2, -0.15) is 0 Å². The first kappa shape index (κ1) is 24.2. The SMILES string of the molecule is C/C=C\Cc1ccc(-c2ccc(-c3ccc(C4OCC(CC)CO4)c(F)c3F)cc2)c(F)c1F. The molecule has 0 radical (unpaired) electrons. The Kier molecular flexibility index (Phi) is 7.49. The minimum Gasteiger partial charge on any atom is -0.348 e. The van der Waals surface area contributed by atoms with Gasteiger partial charge in [-0.1, -0.05) is 67.6 Å². The van der Waals surface area contributed by atoms with Gasteiger partial charge in [0.05, 0.1) is 13.2 Å². The first-order chi connectivity index (χ1) is 16.4. The van der Waals surface area contributed by atoms with Gasteiger partial charge < -0.3 is 9.47 Å². The van der Waals surface area contributed by atoms with Gasteiger partial charge in [-0.05, 0) is 36.5 Å². The molecule has 0 spiro atoms. The van der Waals surface area contributed by atoms with Crippen LogP contribution in [0, 0.1) is 29.2 Å². The average Bonchev–Trinajstić information content (AvgIpc) is 2.87. The molecule has 1 saturated heterocycles. The van der Waals surface area contributed by atoms with Crippen molar-refractivity contribution in [1.29, 1.82) is 0 Å². The summed E-state index contributed by atoms with van der Waals surface area (Å²) in [5.74, 6) is -3.62. The van der Waals surface area contributed by atoms with Crippen LogP contribution in [0.3, 0.4) is 0 Å². The molecule has 0 N–H and O–H groups in total. The van der Waals surface area contributed by atoms with Gasteiger partial charge in [-0.15, -0.1) is 0 Å². The molecule has 34 heavy (non-hydrogen) atoms. The van der Waals surface area contributed by atoms with Crippen molar-refractivity contribution < 1.29 is 27.0 Å². The Morgan fingerprint density at radius 1 is 0.765 bits per heavy atom. The van der Waals surface area contributed by atoms with E-state index in [0.29, 0.717) is 30.8 Å². The second-order valence-electron chi connectivity index (χ2n) is 8.35. The number of allylic oxidation sites excluding steroid dienone is 2. The van der Waals surface area contributed by atoms with Crippen molar-refractivity contribution in [3.8, 4) is 22.3 Å². The Morgan fingerprint density at radius 3 is 1.88 bits per heavy atom. The highest BCUT2D eigenvalue weighted by Gasteiger charge is 2.27. The van der Waals surface area contributed by atoms with Crippen molar-refractivity contribution in [2.24, 2.45) is 5.92 Å². The van der Waals surface area contributed by atoms with Gasteiger partial charge in [-0.3, -0.25) is 0 Å². The molecule has 4 rings (SSSR count). The predicted octanol–water partition coefficient (Wildman–Crippen LogP) is 7.77. The first-order valence-corrected chi connectivity index (χ1v) is 11.3. The minimum absolute atomic E-state index is 0.0166. The van der Waals surface area contributed by atoms with Crippen molar-refractivity contribution in [2.75, 3.05) is 13.2 Å². The van der Waals surface area contributed by atoms with Crippen LogP contribution in [0.5, 0.6) is 0 Å². The molecule has 0 saturated carbocycles. The van der Waals surface area contributed by atoms with Gasteiger partial charge in [-0.25, -0.2) is 17.6 Å². The van der Waals surface area contributed by atoms with Gasteiger partial charge in [0, 0.05) is 22.6 Å². The van der Waals surface area contributed by atoms with Crippen LogP contribution in [0.2, 0.25) is 0 Å². The maximum atomic E-state index is 14.9. The molecule has 0 unspecified atom stereocenters. The third kappa shape index (κ3) is 4.79. The fourth-order valence-electron chi connectivity index (χ4n) is 3.97. The number of ether oxygens (including phenoxy) is 2. The summed E-state index contributed by atoms with van der Waals surface area (Å²) in [5, 5.41) is 0. The van der Waals surface area contributed by atoms with Gasteiger partial charge in [0.2, 0.25) is 0 Å². The number of benzene rings is 3. The number of rotatable bonds is 6. The molecule has 0 bridgehead atoms. The molecule has 6 heteroatoms. The van der Waals surface area contributed by atoms with Gasteiger partial charge in [0.15, 0.2) is 29.6 Å². The normalized spacial score (nSPS) is 18.5. The van der Waals surface area contributed by atoms with Gasteiger partial charge >= 0.3 is 0 Å². The van der Waals surface area contributed by atoms with Crippen molar-refractivity contribution in [3.05, 3.63) is 95.1 Å². The molecule has 1 aliphatic rings. The van der Waals surface area contributed by atoms with Crippen LogP contribution in [0.4, 0.5) is 17.6 Å². The summed E-state index contributed by atoms with van der Waals surface area (Å²) in [6.07, 6.45) is 3.77. The fourth-order valence-corrected chi connectivity index (χ4v) is 3.97. The Hall–Kier alpha value is -2.96. The van der Waals surface area contributed by atoms with Crippen LogP contribution in [0.15, 0.2) is 60.7 Å². The highest BCUT2D eigenvalue weighted by Crippen LogP contribution is 2.34. The van der Waals surface area contributed by atoms with Crippen molar-refractivity contribution >= 4 is 0 Å². The Morgan fingerprint density at radius 2 is 1.32 bits per heavy atom. The number of halogens is 4. The summed E-state index contributed by atoms with van der Waals surface area (Å²) in [4.78, 5) is 0. The van der Waals surface area contributed by atoms with E-state index in [0.717, 1.165) is 6.42 Å². The van der Waals surface area contributed by atoms with E-state index in [4.69, 9.17) is 9.47 Å². The first-order valence-electron chi connectivity index (χ1n) is 11.3. The lowest BCUT2D eigenvalue weighted by atomic mass is 9.97. The van der Waals surface area contributed by atoms with Crippen LogP contribution >= 0.6 is 0 Å². The largest absolute Gasteiger partial charge is 0.348 e. The molecular formula is C28H26F4O2. The number of hydrogen-bond donors (Lipinski definition) is 0. The molecular weight excluding hydrogens is 444 g/mol. The Balaban J connectivity index is 1.58. The lowest BCUT2D eigenvalue weighted by Gasteiger charge is -2.29. The molecule has 1 aliphatic heterocycles. The summed E-state index contributed by atoms with van der Waals surface area (Å²) < 4.78 is 70.0.